The Balaban J connectivity index is 1.65. The molecule has 2 aromatic carbocycles. The number of pyridine rings is 1. The molecule has 1 N–H and O–H groups in total. The molecule has 4 heteroatoms. The Labute approximate surface area is 147 Å². The second-order valence-electron chi connectivity index (χ2n) is 6.30. The molecular formula is C21H20N4. The minimum Gasteiger partial charge on any atom is -0.340 e. The van der Waals surface area contributed by atoms with Crippen LogP contribution in [0.25, 0.3) is 11.0 Å². The van der Waals surface area contributed by atoms with Crippen LogP contribution in [0.4, 0.5) is 11.5 Å². The molecule has 4 aromatic rings. The first kappa shape index (κ1) is 15.4. The number of aryl methyl sites for hydroxylation is 2. The van der Waals surface area contributed by atoms with E-state index >= 15 is 0 Å². The predicted molar refractivity (Wildman–Crippen MR) is 102 cm³/mol. The third kappa shape index (κ3) is 3.24. The van der Waals surface area contributed by atoms with Crippen LogP contribution in [0.3, 0.4) is 0 Å². The van der Waals surface area contributed by atoms with Crippen molar-refractivity contribution in [2.24, 2.45) is 7.05 Å². The molecule has 2 aromatic heterocycles. The number of nitrogens with zero attached hydrogens (tertiary/aromatic N) is 3. The molecule has 0 aliphatic heterocycles. The summed E-state index contributed by atoms with van der Waals surface area (Å²) in [6.07, 6.45) is 2.65. The fraction of sp³-hybridized carbons (Fsp3) is 0.143. The Morgan fingerprint density at radius 2 is 1.84 bits per heavy atom. The molecule has 0 amide bonds. The minimum absolute atomic E-state index is 0.812. The quantitative estimate of drug-likeness (QED) is 0.595. The van der Waals surface area contributed by atoms with Crippen LogP contribution in [0.15, 0.2) is 66.9 Å². The van der Waals surface area contributed by atoms with Crippen molar-refractivity contribution in [1.82, 2.24) is 14.5 Å². The fourth-order valence-electron chi connectivity index (χ4n) is 3.02. The lowest BCUT2D eigenvalue weighted by Gasteiger charge is -2.07. The van der Waals surface area contributed by atoms with Crippen LogP contribution in [0, 0.1) is 6.92 Å². The largest absolute Gasteiger partial charge is 0.340 e. The first-order valence-corrected chi connectivity index (χ1v) is 8.38. The summed E-state index contributed by atoms with van der Waals surface area (Å²) in [6.45, 7) is 2.08. The molecule has 0 aliphatic carbocycles. The average molecular weight is 328 g/mol. The van der Waals surface area contributed by atoms with E-state index in [2.05, 4.69) is 71.3 Å². The number of anilines is 2. The Bertz CT molecular complexity index is 1020. The zero-order chi connectivity index (χ0) is 17.2. The van der Waals surface area contributed by atoms with Crippen molar-refractivity contribution < 1.29 is 0 Å². The molecule has 2 heterocycles. The monoisotopic (exact) mass is 328 g/mol. The summed E-state index contributed by atoms with van der Waals surface area (Å²) in [5, 5.41) is 3.37. The van der Waals surface area contributed by atoms with Gasteiger partial charge in [-0.25, -0.2) is 9.97 Å². The van der Waals surface area contributed by atoms with Crippen LogP contribution in [0.2, 0.25) is 0 Å². The number of benzene rings is 2. The molecule has 0 unspecified atom stereocenters. The van der Waals surface area contributed by atoms with Crippen LogP contribution in [0.5, 0.6) is 0 Å². The van der Waals surface area contributed by atoms with Crippen molar-refractivity contribution in [3.63, 3.8) is 0 Å². The van der Waals surface area contributed by atoms with Crippen molar-refractivity contribution in [3.05, 3.63) is 83.8 Å². The first-order chi connectivity index (χ1) is 12.2. The fourth-order valence-corrected chi connectivity index (χ4v) is 3.02. The molecule has 4 nitrogen and oxygen atoms in total. The highest BCUT2D eigenvalue weighted by molar-refractivity contribution is 5.79. The number of nitrogens with one attached hydrogen (secondary N) is 1. The van der Waals surface area contributed by atoms with E-state index in [0.717, 1.165) is 34.8 Å². The summed E-state index contributed by atoms with van der Waals surface area (Å²) >= 11 is 0. The molecule has 0 saturated heterocycles. The van der Waals surface area contributed by atoms with Gasteiger partial charge in [0.15, 0.2) is 0 Å². The second kappa shape index (κ2) is 6.40. The van der Waals surface area contributed by atoms with Crippen LogP contribution >= 0.6 is 0 Å². The van der Waals surface area contributed by atoms with Gasteiger partial charge in [0.05, 0.1) is 11.7 Å². The van der Waals surface area contributed by atoms with Gasteiger partial charge in [-0.05, 0) is 30.2 Å². The number of hydrogen-bond acceptors (Lipinski definition) is 3. The molecule has 0 aliphatic rings. The Kier molecular flexibility index (Phi) is 3.94. The summed E-state index contributed by atoms with van der Waals surface area (Å²) in [6, 6.07) is 20.7. The van der Waals surface area contributed by atoms with Crippen molar-refractivity contribution in [3.8, 4) is 0 Å². The van der Waals surface area contributed by atoms with E-state index in [1.54, 1.807) is 0 Å². The summed E-state index contributed by atoms with van der Waals surface area (Å²) in [5.41, 5.74) is 5.52. The van der Waals surface area contributed by atoms with Crippen molar-refractivity contribution in [2.45, 2.75) is 13.3 Å². The van der Waals surface area contributed by atoms with Crippen LogP contribution < -0.4 is 5.32 Å². The van der Waals surface area contributed by atoms with Crippen LogP contribution in [-0.4, -0.2) is 14.5 Å². The Morgan fingerprint density at radius 3 is 2.64 bits per heavy atom. The topological polar surface area (TPSA) is 42.7 Å². The molecule has 0 saturated carbocycles. The second-order valence-corrected chi connectivity index (χ2v) is 6.30. The van der Waals surface area contributed by atoms with Gasteiger partial charge in [0, 0.05) is 25.2 Å². The van der Waals surface area contributed by atoms with E-state index in [9.17, 15) is 0 Å². The van der Waals surface area contributed by atoms with Gasteiger partial charge in [0.1, 0.15) is 17.2 Å². The molecule has 0 fully saturated rings. The number of aromatic nitrogens is 3. The van der Waals surface area contributed by atoms with Crippen molar-refractivity contribution in [1.29, 1.82) is 0 Å². The molecule has 0 radical (unpaired) electrons. The number of hydrogen-bond donors (Lipinski definition) is 1. The molecule has 25 heavy (non-hydrogen) atoms. The van der Waals surface area contributed by atoms with E-state index in [1.807, 2.05) is 24.4 Å². The zero-order valence-corrected chi connectivity index (χ0v) is 14.4. The SMILES string of the molecule is Cc1cccc(Nc2cc3c(cn2)nc(Cc2ccccc2)n3C)c1. The molecule has 0 spiro atoms. The summed E-state index contributed by atoms with van der Waals surface area (Å²) in [7, 11) is 2.06. The first-order valence-electron chi connectivity index (χ1n) is 8.38. The lowest BCUT2D eigenvalue weighted by Crippen LogP contribution is -1.99. The zero-order valence-electron chi connectivity index (χ0n) is 14.4. The molecular weight excluding hydrogens is 308 g/mol. The van der Waals surface area contributed by atoms with Crippen molar-refractivity contribution >= 4 is 22.5 Å². The normalized spacial score (nSPS) is 11.0. The standard InChI is InChI=1S/C21H20N4/c1-15-7-6-10-17(11-15)23-20-13-19-18(14-22-20)24-21(25(19)2)12-16-8-4-3-5-9-16/h3-11,13-14H,12H2,1-2H3,(H,22,23). The predicted octanol–water partition coefficient (Wildman–Crippen LogP) is 4.61. The molecule has 0 bridgehead atoms. The van der Waals surface area contributed by atoms with E-state index in [4.69, 9.17) is 4.98 Å². The smallest absolute Gasteiger partial charge is 0.132 e. The molecule has 4 rings (SSSR count). The Hall–Kier alpha value is -3.14. The van der Waals surface area contributed by atoms with E-state index in [0.29, 0.717) is 0 Å². The maximum absolute atomic E-state index is 4.74. The maximum Gasteiger partial charge on any atom is 0.132 e. The number of imidazole rings is 1. The van der Waals surface area contributed by atoms with Gasteiger partial charge in [0.2, 0.25) is 0 Å². The minimum atomic E-state index is 0.812. The highest BCUT2D eigenvalue weighted by Gasteiger charge is 2.10. The lowest BCUT2D eigenvalue weighted by atomic mass is 10.1. The lowest BCUT2D eigenvalue weighted by molar-refractivity contribution is 0.845. The van der Waals surface area contributed by atoms with Gasteiger partial charge >= 0.3 is 0 Å². The van der Waals surface area contributed by atoms with Gasteiger partial charge < -0.3 is 9.88 Å². The maximum atomic E-state index is 4.74. The van der Waals surface area contributed by atoms with Crippen LogP contribution in [0.1, 0.15) is 17.0 Å². The third-order valence-corrected chi connectivity index (χ3v) is 4.36. The van der Waals surface area contributed by atoms with Gasteiger partial charge in [-0.1, -0.05) is 42.5 Å². The number of fused-ring (bicyclic) bond motifs is 1. The van der Waals surface area contributed by atoms with Crippen molar-refractivity contribution in [2.75, 3.05) is 5.32 Å². The van der Waals surface area contributed by atoms with Gasteiger partial charge in [-0.3, -0.25) is 0 Å². The van der Waals surface area contributed by atoms with Gasteiger partial charge in [0.25, 0.3) is 0 Å². The Morgan fingerprint density at radius 1 is 1.00 bits per heavy atom. The average Bonchev–Trinajstić information content (AvgIpc) is 2.92. The molecule has 0 atom stereocenters. The number of rotatable bonds is 4. The molecule has 124 valence electrons. The highest BCUT2D eigenvalue weighted by atomic mass is 15.1. The van der Waals surface area contributed by atoms with Gasteiger partial charge in [-0.2, -0.15) is 0 Å². The highest BCUT2D eigenvalue weighted by Crippen LogP contribution is 2.22. The summed E-state index contributed by atoms with van der Waals surface area (Å²) < 4.78 is 2.14. The van der Waals surface area contributed by atoms with Gasteiger partial charge in [-0.15, -0.1) is 0 Å². The van der Waals surface area contributed by atoms with E-state index in [1.165, 1.54) is 11.1 Å². The summed E-state index contributed by atoms with van der Waals surface area (Å²) in [4.78, 5) is 9.25. The summed E-state index contributed by atoms with van der Waals surface area (Å²) in [5.74, 6) is 1.86. The van der Waals surface area contributed by atoms with E-state index < -0.39 is 0 Å². The van der Waals surface area contributed by atoms with E-state index in [-0.39, 0.29) is 0 Å². The third-order valence-electron chi connectivity index (χ3n) is 4.36. The van der Waals surface area contributed by atoms with Crippen LogP contribution in [-0.2, 0) is 13.5 Å².